The van der Waals surface area contributed by atoms with Crippen LogP contribution in [0.4, 0.5) is 11.4 Å². The van der Waals surface area contributed by atoms with E-state index < -0.39 is 11.0 Å². The number of aliphatic hydroxyl groups is 1. The van der Waals surface area contributed by atoms with E-state index in [1.165, 1.54) is 24.5 Å². The predicted octanol–water partition coefficient (Wildman–Crippen LogP) is 2.34. The van der Waals surface area contributed by atoms with Crippen molar-refractivity contribution in [1.82, 2.24) is 5.32 Å². The first-order chi connectivity index (χ1) is 13.0. The Hall–Kier alpha value is -2.49. The summed E-state index contributed by atoms with van der Waals surface area (Å²) in [6.45, 7) is 1.29. The number of nitro benzene ring substituents is 1. The number of carbonyl (C=O) groups is 1. The lowest BCUT2D eigenvalue weighted by Gasteiger charge is -2.38. The van der Waals surface area contributed by atoms with Crippen LogP contribution in [0.2, 0.25) is 0 Å². The van der Waals surface area contributed by atoms with Gasteiger partial charge in [0.05, 0.1) is 30.3 Å². The van der Waals surface area contributed by atoms with Crippen molar-refractivity contribution in [2.45, 2.75) is 18.6 Å². The van der Waals surface area contributed by atoms with E-state index in [1.54, 1.807) is 12.1 Å². The van der Waals surface area contributed by atoms with E-state index in [1.807, 2.05) is 22.4 Å². The molecule has 2 heterocycles. The number of rotatable bonds is 6. The summed E-state index contributed by atoms with van der Waals surface area (Å²) < 4.78 is 5.55. The van der Waals surface area contributed by atoms with E-state index in [0.717, 1.165) is 4.88 Å². The molecule has 2 aromatic rings. The van der Waals surface area contributed by atoms with Crippen molar-refractivity contribution < 1.29 is 19.6 Å². The molecule has 1 fully saturated rings. The molecule has 3 rings (SSSR count). The third-order valence-corrected chi connectivity index (χ3v) is 5.54. The molecule has 2 N–H and O–H groups in total. The second-order valence-electron chi connectivity index (χ2n) is 6.23. The Bertz CT molecular complexity index is 811. The number of hydrogen-bond donors (Lipinski definition) is 2. The smallest absolute Gasteiger partial charge is 0.293 e. The van der Waals surface area contributed by atoms with Gasteiger partial charge >= 0.3 is 0 Å². The molecule has 9 heteroatoms. The van der Waals surface area contributed by atoms with Crippen LogP contribution in [0.5, 0.6) is 0 Å². The number of nitrogens with zero attached hydrogens (tertiary/aromatic N) is 2. The largest absolute Gasteiger partial charge is 0.387 e. The van der Waals surface area contributed by atoms with Gasteiger partial charge in [0.25, 0.3) is 11.6 Å². The summed E-state index contributed by atoms with van der Waals surface area (Å²) in [5.74, 6) is -0.378. The number of carbonyl (C=O) groups excluding carboxylic acids is 1. The van der Waals surface area contributed by atoms with Crippen LogP contribution < -0.4 is 10.2 Å². The molecule has 0 saturated carbocycles. The highest BCUT2D eigenvalue weighted by molar-refractivity contribution is 7.10. The molecule has 1 amide bonds. The van der Waals surface area contributed by atoms with Gasteiger partial charge in [-0.1, -0.05) is 6.07 Å². The van der Waals surface area contributed by atoms with Crippen molar-refractivity contribution in [2.75, 3.05) is 31.7 Å². The van der Waals surface area contributed by atoms with Crippen LogP contribution in [-0.2, 0) is 4.74 Å². The van der Waals surface area contributed by atoms with Crippen molar-refractivity contribution in [3.05, 3.63) is 56.3 Å². The quantitative estimate of drug-likeness (QED) is 0.578. The molecule has 144 valence electrons. The monoisotopic (exact) mass is 391 g/mol. The molecule has 2 atom stereocenters. The van der Waals surface area contributed by atoms with E-state index in [4.69, 9.17) is 4.74 Å². The SMILES string of the molecule is CNC(=O)c1ccc(N2CCOCC2CC(O)c2cccs2)c([N+](=O)[O-])c1. The molecule has 1 aromatic heterocycles. The van der Waals surface area contributed by atoms with Gasteiger partial charge < -0.3 is 20.1 Å². The summed E-state index contributed by atoms with van der Waals surface area (Å²) in [6.07, 6.45) is -0.266. The second kappa shape index (κ2) is 8.47. The maximum Gasteiger partial charge on any atom is 0.293 e. The number of morpholine rings is 1. The summed E-state index contributed by atoms with van der Waals surface area (Å²) >= 11 is 1.47. The summed E-state index contributed by atoms with van der Waals surface area (Å²) in [6, 6.07) is 7.99. The Morgan fingerprint density at radius 1 is 1.52 bits per heavy atom. The van der Waals surface area contributed by atoms with Crippen LogP contribution >= 0.6 is 11.3 Å². The van der Waals surface area contributed by atoms with Crippen molar-refractivity contribution in [3.63, 3.8) is 0 Å². The molecule has 1 saturated heterocycles. The number of ether oxygens (including phenoxy) is 1. The number of hydrogen-bond acceptors (Lipinski definition) is 7. The van der Waals surface area contributed by atoms with Gasteiger partial charge in [-0.15, -0.1) is 11.3 Å². The number of anilines is 1. The summed E-state index contributed by atoms with van der Waals surface area (Å²) in [4.78, 5) is 25.7. The lowest BCUT2D eigenvalue weighted by Crippen LogP contribution is -2.46. The van der Waals surface area contributed by atoms with E-state index >= 15 is 0 Å². The summed E-state index contributed by atoms with van der Waals surface area (Å²) in [5, 5.41) is 26.5. The van der Waals surface area contributed by atoms with Gasteiger partial charge in [0.15, 0.2) is 0 Å². The molecular weight excluding hydrogens is 370 g/mol. The minimum absolute atomic E-state index is 0.131. The normalized spacial score (nSPS) is 18.1. The van der Waals surface area contributed by atoms with E-state index in [-0.39, 0.29) is 23.2 Å². The van der Waals surface area contributed by atoms with Gasteiger partial charge in [-0.2, -0.15) is 0 Å². The molecule has 0 aliphatic carbocycles. The number of thiophene rings is 1. The molecule has 1 aliphatic heterocycles. The fourth-order valence-electron chi connectivity index (χ4n) is 3.22. The first-order valence-corrected chi connectivity index (χ1v) is 9.45. The maximum absolute atomic E-state index is 11.8. The zero-order chi connectivity index (χ0) is 19.4. The summed E-state index contributed by atoms with van der Waals surface area (Å²) in [7, 11) is 1.48. The van der Waals surface area contributed by atoms with Gasteiger partial charge in [-0.05, 0) is 23.6 Å². The Labute approximate surface area is 160 Å². The van der Waals surface area contributed by atoms with Gasteiger partial charge in [-0.25, -0.2) is 0 Å². The molecular formula is C18H21N3O5S. The second-order valence-corrected chi connectivity index (χ2v) is 7.21. The first kappa shape index (κ1) is 19.3. The van der Waals surface area contributed by atoms with Crippen molar-refractivity contribution in [2.24, 2.45) is 0 Å². The number of nitro groups is 1. The lowest BCUT2D eigenvalue weighted by atomic mass is 10.0. The first-order valence-electron chi connectivity index (χ1n) is 8.57. The zero-order valence-corrected chi connectivity index (χ0v) is 15.6. The molecule has 0 radical (unpaired) electrons. The van der Waals surface area contributed by atoms with Gasteiger partial charge in [0.2, 0.25) is 0 Å². The molecule has 2 unspecified atom stereocenters. The zero-order valence-electron chi connectivity index (χ0n) is 14.8. The van der Waals surface area contributed by atoms with E-state index in [0.29, 0.717) is 31.9 Å². The fourth-order valence-corrected chi connectivity index (χ4v) is 3.94. The van der Waals surface area contributed by atoms with Gasteiger partial charge in [0.1, 0.15) is 5.69 Å². The topological polar surface area (TPSA) is 105 Å². The number of aliphatic hydroxyl groups excluding tert-OH is 1. The van der Waals surface area contributed by atoms with Crippen molar-refractivity contribution in [3.8, 4) is 0 Å². The standard InChI is InChI=1S/C18H21N3O5S/c1-19-18(23)12-4-5-14(15(9-12)21(24)25)20-6-7-26-11-13(20)10-16(22)17-3-2-8-27-17/h2-5,8-9,13,16,22H,6-7,10-11H2,1H3,(H,19,23). The minimum atomic E-state index is -0.664. The van der Waals surface area contributed by atoms with Gasteiger partial charge in [-0.3, -0.25) is 14.9 Å². The predicted molar refractivity (Wildman–Crippen MR) is 102 cm³/mol. The Kier molecular flexibility index (Phi) is 6.04. The highest BCUT2D eigenvalue weighted by Crippen LogP contribution is 2.34. The molecule has 1 aliphatic rings. The average Bonchev–Trinajstić information content (AvgIpc) is 3.22. The lowest BCUT2D eigenvalue weighted by molar-refractivity contribution is -0.384. The molecule has 27 heavy (non-hydrogen) atoms. The number of amides is 1. The van der Waals surface area contributed by atoms with Crippen molar-refractivity contribution >= 4 is 28.6 Å². The van der Waals surface area contributed by atoms with E-state index in [2.05, 4.69) is 5.32 Å². The molecule has 0 spiro atoms. The number of nitrogens with one attached hydrogen (secondary N) is 1. The molecule has 0 bridgehead atoms. The van der Waals surface area contributed by atoms with Crippen LogP contribution in [0, 0.1) is 10.1 Å². The van der Waals surface area contributed by atoms with Crippen molar-refractivity contribution in [1.29, 1.82) is 0 Å². The van der Waals surface area contributed by atoms with Crippen LogP contribution in [-0.4, -0.2) is 48.8 Å². The van der Waals surface area contributed by atoms with Crippen LogP contribution in [0.1, 0.15) is 27.8 Å². The third-order valence-electron chi connectivity index (χ3n) is 4.57. The maximum atomic E-state index is 11.8. The number of benzene rings is 1. The van der Waals surface area contributed by atoms with E-state index in [9.17, 15) is 20.0 Å². The molecule has 8 nitrogen and oxygen atoms in total. The fraction of sp³-hybridized carbons (Fsp3) is 0.389. The minimum Gasteiger partial charge on any atom is -0.387 e. The Morgan fingerprint density at radius 3 is 3.00 bits per heavy atom. The molecule has 1 aromatic carbocycles. The van der Waals surface area contributed by atoms with Crippen LogP contribution in [0.3, 0.4) is 0 Å². The highest BCUT2D eigenvalue weighted by atomic mass is 32.1. The summed E-state index contributed by atoms with van der Waals surface area (Å²) in [5.41, 5.74) is 0.532. The van der Waals surface area contributed by atoms with Crippen LogP contribution in [0.15, 0.2) is 35.7 Å². The van der Waals surface area contributed by atoms with Crippen LogP contribution in [0.25, 0.3) is 0 Å². The van der Waals surface area contributed by atoms with Gasteiger partial charge in [0, 0.05) is 36.5 Å². The third kappa shape index (κ3) is 4.26. The Morgan fingerprint density at radius 2 is 2.33 bits per heavy atom. The highest BCUT2D eigenvalue weighted by Gasteiger charge is 2.31. The Balaban J connectivity index is 1.89. The average molecular weight is 391 g/mol.